The van der Waals surface area contributed by atoms with Crippen molar-refractivity contribution in [3.05, 3.63) is 23.8 Å². The van der Waals surface area contributed by atoms with Crippen molar-refractivity contribution in [2.75, 3.05) is 20.8 Å². The Morgan fingerprint density at radius 3 is 2.48 bits per heavy atom. The average molecular weight is 291 g/mol. The molecule has 1 N–H and O–H groups in total. The van der Waals surface area contributed by atoms with Gasteiger partial charge >= 0.3 is 0 Å². The summed E-state index contributed by atoms with van der Waals surface area (Å²) < 4.78 is 10.8. The van der Waals surface area contributed by atoms with E-state index in [1.165, 1.54) is 31.2 Å². The van der Waals surface area contributed by atoms with Gasteiger partial charge in [0.1, 0.15) is 0 Å². The molecule has 118 valence electrons. The smallest absolute Gasteiger partial charge is 0.160 e. The summed E-state index contributed by atoms with van der Waals surface area (Å²) in [6.07, 6.45) is 5.15. The molecule has 0 saturated heterocycles. The van der Waals surface area contributed by atoms with Gasteiger partial charge in [-0.25, -0.2) is 0 Å². The van der Waals surface area contributed by atoms with Crippen molar-refractivity contribution < 1.29 is 9.47 Å². The van der Waals surface area contributed by atoms with Crippen molar-refractivity contribution in [2.24, 2.45) is 5.92 Å². The third-order valence-electron chi connectivity index (χ3n) is 4.47. The highest BCUT2D eigenvalue weighted by Crippen LogP contribution is 2.35. The molecule has 0 heterocycles. The Labute approximate surface area is 129 Å². The number of ether oxygens (including phenoxy) is 2. The van der Waals surface area contributed by atoms with E-state index in [1.807, 2.05) is 6.07 Å². The van der Waals surface area contributed by atoms with Crippen molar-refractivity contribution in [1.82, 2.24) is 5.32 Å². The summed E-state index contributed by atoms with van der Waals surface area (Å²) in [4.78, 5) is 0. The summed E-state index contributed by atoms with van der Waals surface area (Å²) in [7, 11) is 3.39. The van der Waals surface area contributed by atoms with Crippen LogP contribution in [0.1, 0.15) is 51.0 Å². The third kappa shape index (κ3) is 4.37. The molecule has 3 heteroatoms. The van der Waals surface area contributed by atoms with E-state index in [4.69, 9.17) is 9.47 Å². The molecule has 21 heavy (non-hydrogen) atoms. The predicted molar refractivity (Wildman–Crippen MR) is 87.4 cm³/mol. The van der Waals surface area contributed by atoms with Crippen LogP contribution in [-0.4, -0.2) is 26.8 Å². The average Bonchev–Trinajstić information content (AvgIpc) is 3.31. The minimum absolute atomic E-state index is 0.533. The van der Waals surface area contributed by atoms with Crippen LogP contribution in [0.4, 0.5) is 0 Å². The van der Waals surface area contributed by atoms with E-state index >= 15 is 0 Å². The Morgan fingerprint density at radius 1 is 1.19 bits per heavy atom. The predicted octanol–water partition coefficient (Wildman–Crippen LogP) is 3.98. The topological polar surface area (TPSA) is 30.5 Å². The first kappa shape index (κ1) is 16.2. The lowest BCUT2D eigenvalue weighted by atomic mass is 9.84. The first-order valence-electron chi connectivity index (χ1n) is 8.14. The summed E-state index contributed by atoms with van der Waals surface area (Å²) in [6, 6.07) is 7.11. The van der Waals surface area contributed by atoms with Gasteiger partial charge in [0, 0.05) is 12.6 Å². The summed E-state index contributed by atoms with van der Waals surface area (Å²) in [5, 5.41) is 3.69. The molecule has 1 aromatic rings. The zero-order chi connectivity index (χ0) is 15.2. The number of rotatable bonds is 9. The number of benzene rings is 1. The Morgan fingerprint density at radius 2 is 1.90 bits per heavy atom. The molecule has 2 atom stereocenters. The molecule has 1 fully saturated rings. The molecule has 1 aliphatic carbocycles. The lowest BCUT2D eigenvalue weighted by molar-refractivity contribution is 0.352. The van der Waals surface area contributed by atoms with Crippen molar-refractivity contribution in [2.45, 2.75) is 51.5 Å². The minimum atomic E-state index is 0.533. The van der Waals surface area contributed by atoms with Crippen LogP contribution in [-0.2, 0) is 0 Å². The van der Waals surface area contributed by atoms with Gasteiger partial charge in [0.15, 0.2) is 11.5 Å². The van der Waals surface area contributed by atoms with Crippen molar-refractivity contribution in [3.63, 3.8) is 0 Å². The number of hydrogen-bond donors (Lipinski definition) is 1. The lowest BCUT2D eigenvalue weighted by Gasteiger charge is -2.25. The molecule has 1 aliphatic rings. The second-order valence-electron chi connectivity index (χ2n) is 6.17. The van der Waals surface area contributed by atoms with Crippen LogP contribution in [0.3, 0.4) is 0 Å². The van der Waals surface area contributed by atoms with Crippen LogP contribution in [0.5, 0.6) is 11.5 Å². The maximum Gasteiger partial charge on any atom is 0.160 e. The highest BCUT2D eigenvalue weighted by atomic mass is 16.5. The summed E-state index contributed by atoms with van der Waals surface area (Å²) in [5.41, 5.74) is 1.35. The van der Waals surface area contributed by atoms with Crippen LogP contribution >= 0.6 is 0 Å². The molecule has 0 radical (unpaired) electrons. The molecule has 0 amide bonds. The molecular weight excluding hydrogens is 262 g/mol. The first-order valence-corrected chi connectivity index (χ1v) is 8.14. The van der Waals surface area contributed by atoms with Crippen molar-refractivity contribution in [1.29, 1.82) is 0 Å². The number of hydrogen-bond acceptors (Lipinski definition) is 3. The fraction of sp³-hybridized carbons (Fsp3) is 0.667. The van der Waals surface area contributed by atoms with E-state index in [1.54, 1.807) is 14.2 Å². The molecule has 2 rings (SSSR count). The molecule has 3 nitrogen and oxygen atoms in total. The zero-order valence-corrected chi connectivity index (χ0v) is 13.8. The van der Waals surface area contributed by atoms with Crippen molar-refractivity contribution in [3.8, 4) is 11.5 Å². The number of nitrogens with one attached hydrogen (secondary N) is 1. The maximum absolute atomic E-state index is 5.46. The van der Waals surface area contributed by atoms with E-state index in [2.05, 4.69) is 31.3 Å². The van der Waals surface area contributed by atoms with E-state index in [0.29, 0.717) is 11.8 Å². The van der Waals surface area contributed by atoms with E-state index < -0.39 is 0 Å². The van der Waals surface area contributed by atoms with Crippen molar-refractivity contribution >= 4 is 0 Å². The van der Waals surface area contributed by atoms with Crippen LogP contribution in [0.15, 0.2) is 18.2 Å². The van der Waals surface area contributed by atoms with Gasteiger partial charge in [0.05, 0.1) is 14.2 Å². The van der Waals surface area contributed by atoms with Gasteiger partial charge in [-0.2, -0.15) is 0 Å². The summed E-state index contributed by atoms with van der Waals surface area (Å²) >= 11 is 0. The minimum Gasteiger partial charge on any atom is -0.493 e. The standard InChI is InChI=1S/C18H29NO2/c1-5-6-13(2)16(12-19-15-8-9-15)14-7-10-17(20-3)18(11-14)21-4/h7,10-11,13,15-16,19H,5-6,8-9,12H2,1-4H3. The highest BCUT2D eigenvalue weighted by molar-refractivity contribution is 5.44. The van der Waals surface area contributed by atoms with Gasteiger partial charge in [-0.3, -0.25) is 0 Å². The van der Waals surface area contributed by atoms with Crippen LogP contribution < -0.4 is 14.8 Å². The van der Waals surface area contributed by atoms with Crippen LogP contribution in [0.2, 0.25) is 0 Å². The Bertz CT molecular complexity index is 443. The van der Waals surface area contributed by atoms with Gasteiger partial charge in [0.2, 0.25) is 0 Å². The van der Waals surface area contributed by atoms with Gasteiger partial charge < -0.3 is 14.8 Å². The quantitative estimate of drug-likeness (QED) is 0.746. The second kappa shape index (κ2) is 7.69. The van der Waals surface area contributed by atoms with Gasteiger partial charge in [0.25, 0.3) is 0 Å². The SMILES string of the molecule is CCCC(C)C(CNC1CC1)c1ccc(OC)c(OC)c1. The monoisotopic (exact) mass is 291 g/mol. The Hall–Kier alpha value is -1.22. The highest BCUT2D eigenvalue weighted by Gasteiger charge is 2.25. The molecule has 0 aliphatic heterocycles. The van der Waals surface area contributed by atoms with Gasteiger partial charge in [-0.05, 0) is 42.4 Å². The fourth-order valence-corrected chi connectivity index (χ4v) is 2.97. The Balaban J connectivity index is 2.16. The van der Waals surface area contributed by atoms with Gasteiger partial charge in [-0.15, -0.1) is 0 Å². The largest absolute Gasteiger partial charge is 0.493 e. The molecule has 0 spiro atoms. The molecular formula is C18H29NO2. The second-order valence-corrected chi connectivity index (χ2v) is 6.17. The molecule has 1 aromatic carbocycles. The molecule has 0 aromatic heterocycles. The van der Waals surface area contributed by atoms with E-state index in [9.17, 15) is 0 Å². The molecule has 1 saturated carbocycles. The molecule has 2 unspecified atom stereocenters. The number of methoxy groups -OCH3 is 2. The molecule has 0 bridgehead atoms. The fourth-order valence-electron chi connectivity index (χ4n) is 2.97. The van der Waals surface area contributed by atoms with E-state index in [0.717, 1.165) is 24.1 Å². The third-order valence-corrected chi connectivity index (χ3v) is 4.47. The van der Waals surface area contributed by atoms with Crippen LogP contribution in [0.25, 0.3) is 0 Å². The summed E-state index contributed by atoms with van der Waals surface area (Å²) in [6.45, 7) is 5.68. The maximum atomic E-state index is 5.46. The van der Waals surface area contributed by atoms with E-state index in [-0.39, 0.29) is 0 Å². The van der Waals surface area contributed by atoms with Crippen LogP contribution in [0, 0.1) is 5.92 Å². The zero-order valence-electron chi connectivity index (χ0n) is 13.8. The first-order chi connectivity index (χ1) is 10.2. The van der Waals surface area contributed by atoms with Gasteiger partial charge in [-0.1, -0.05) is 32.8 Å². The summed E-state index contributed by atoms with van der Waals surface area (Å²) in [5.74, 6) is 2.83. The lowest BCUT2D eigenvalue weighted by Crippen LogP contribution is -2.27. The Kier molecular flexibility index (Phi) is 5.92. The normalized spacial score (nSPS) is 17.3.